The van der Waals surface area contributed by atoms with Crippen LogP contribution in [0.1, 0.15) is 31.4 Å². The van der Waals surface area contributed by atoms with E-state index < -0.39 is 6.10 Å². The Hall–Kier alpha value is -1.20. The van der Waals surface area contributed by atoms with E-state index in [9.17, 15) is 5.11 Å². The lowest BCUT2D eigenvalue weighted by molar-refractivity contribution is 0.168. The second kappa shape index (κ2) is 11.5. The summed E-state index contributed by atoms with van der Waals surface area (Å²) in [5.41, 5.74) is 0.959. The Kier molecular flexibility index (Phi) is 9.74. The van der Waals surface area contributed by atoms with Crippen molar-refractivity contribution in [3.63, 3.8) is 0 Å². The summed E-state index contributed by atoms with van der Waals surface area (Å²) >= 11 is 1.84. The molecule has 0 fully saturated rings. The zero-order valence-corrected chi connectivity index (χ0v) is 13.8. The average molecular weight is 309 g/mol. The molecule has 0 aliphatic carbocycles. The second-order valence-corrected chi connectivity index (χ2v) is 5.73. The van der Waals surface area contributed by atoms with Crippen LogP contribution in [-0.2, 0) is 0 Å². The molecule has 1 unspecified atom stereocenters. The van der Waals surface area contributed by atoms with Crippen LogP contribution in [0.15, 0.2) is 35.3 Å². The van der Waals surface area contributed by atoms with E-state index in [4.69, 9.17) is 0 Å². The van der Waals surface area contributed by atoms with E-state index in [0.717, 1.165) is 36.8 Å². The molecule has 0 saturated carbocycles. The first-order valence-corrected chi connectivity index (χ1v) is 8.91. The monoisotopic (exact) mass is 309 g/mol. The second-order valence-electron chi connectivity index (χ2n) is 4.75. The number of nitrogens with zero attached hydrogens (tertiary/aromatic N) is 1. The van der Waals surface area contributed by atoms with Crippen LogP contribution in [0.2, 0.25) is 0 Å². The summed E-state index contributed by atoms with van der Waals surface area (Å²) in [7, 11) is 0. The Bertz CT molecular complexity index is 398. The first-order valence-electron chi connectivity index (χ1n) is 7.52. The summed E-state index contributed by atoms with van der Waals surface area (Å²) in [5.74, 6) is 1.97. The van der Waals surface area contributed by atoms with Crippen molar-refractivity contribution in [2.75, 3.05) is 31.6 Å². The molecule has 21 heavy (non-hydrogen) atoms. The van der Waals surface area contributed by atoms with Crippen molar-refractivity contribution in [3.8, 4) is 0 Å². The molecule has 1 aromatic carbocycles. The van der Waals surface area contributed by atoms with Gasteiger partial charge in [-0.25, -0.2) is 0 Å². The summed E-state index contributed by atoms with van der Waals surface area (Å²) in [4.78, 5) is 4.52. The fraction of sp³-hybridized carbons (Fsp3) is 0.562. The quantitative estimate of drug-likeness (QED) is 0.372. The van der Waals surface area contributed by atoms with Crippen LogP contribution >= 0.6 is 11.8 Å². The summed E-state index contributed by atoms with van der Waals surface area (Å²) in [6.07, 6.45) is 3.43. The smallest absolute Gasteiger partial charge is 0.191 e. The highest BCUT2D eigenvalue weighted by Gasteiger charge is 2.06. The maximum Gasteiger partial charge on any atom is 0.191 e. The number of guanidine groups is 1. The molecule has 1 aromatic rings. The Labute approximate surface area is 132 Å². The minimum absolute atomic E-state index is 0.432. The lowest BCUT2D eigenvalue weighted by atomic mass is 10.1. The van der Waals surface area contributed by atoms with Crippen molar-refractivity contribution < 1.29 is 5.11 Å². The molecule has 0 heterocycles. The number of aliphatic hydroxyl groups is 1. The van der Waals surface area contributed by atoms with Gasteiger partial charge in [0.15, 0.2) is 5.96 Å². The number of thioether (sulfide) groups is 1. The molecule has 1 rings (SSSR count). The zero-order chi connectivity index (χ0) is 15.3. The number of hydrogen-bond donors (Lipinski definition) is 3. The van der Waals surface area contributed by atoms with Crippen molar-refractivity contribution in [1.82, 2.24) is 10.6 Å². The van der Waals surface area contributed by atoms with Crippen LogP contribution in [0, 0.1) is 0 Å². The van der Waals surface area contributed by atoms with Crippen LogP contribution < -0.4 is 10.6 Å². The van der Waals surface area contributed by atoms with E-state index in [0.29, 0.717) is 13.0 Å². The van der Waals surface area contributed by atoms with Crippen molar-refractivity contribution >= 4 is 17.7 Å². The normalized spacial score (nSPS) is 13.0. The van der Waals surface area contributed by atoms with Gasteiger partial charge in [-0.1, -0.05) is 30.3 Å². The van der Waals surface area contributed by atoms with Gasteiger partial charge in [0, 0.05) is 19.6 Å². The Morgan fingerprint density at radius 1 is 1.29 bits per heavy atom. The third-order valence-corrected chi connectivity index (χ3v) is 3.71. The topological polar surface area (TPSA) is 56.7 Å². The maximum absolute atomic E-state index is 10.1. The predicted molar refractivity (Wildman–Crippen MR) is 93.0 cm³/mol. The summed E-state index contributed by atoms with van der Waals surface area (Å²) < 4.78 is 0. The lowest BCUT2D eigenvalue weighted by Gasteiger charge is -2.14. The summed E-state index contributed by atoms with van der Waals surface area (Å²) in [6, 6.07) is 9.75. The number of aliphatic hydroxyl groups excluding tert-OH is 1. The number of rotatable bonds is 9. The standard InChI is InChI=1S/C16H27N3OS/c1-3-17-16(18-11-7-13-21-2)19-12-10-15(20)14-8-5-4-6-9-14/h4-6,8-9,15,20H,3,7,10-13H2,1-2H3,(H2,17,18,19). The van der Waals surface area contributed by atoms with Gasteiger partial charge in [-0.2, -0.15) is 11.8 Å². The fourth-order valence-electron chi connectivity index (χ4n) is 1.91. The summed E-state index contributed by atoms with van der Waals surface area (Å²) in [6.45, 7) is 4.43. The Balaban J connectivity index is 2.32. The number of hydrogen-bond acceptors (Lipinski definition) is 3. The van der Waals surface area contributed by atoms with Crippen molar-refractivity contribution in [2.24, 2.45) is 4.99 Å². The van der Waals surface area contributed by atoms with Gasteiger partial charge in [-0.15, -0.1) is 0 Å². The molecule has 0 spiro atoms. The first-order chi connectivity index (χ1) is 10.3. The molecular weight excluding hydrogens is 282 g/mol. The largest absolute Gasteiger partial charge is 0.388 e. The van der Waals surface area contributed by atoms with Gasteiger partial charge in [0.1, 0.15) is 0 Å². The molecule has 0 radical (unpaired) electrons. The van der Waals surface area contributed by atoms with Gasteiger partial charge in [-0.05, 0) is 37.3 Å². The third kappa shape index (κ3) is 7.97. The van der Waals surface area contributed by atoms with Crippen molar-refractivity contribution in [3.05, 3.63) is 35.9 Å². The van der Waals surface area contributed by atoms with Crippen molar-refractivity contribution in [2.45, 2.75) is 25.9 Å². The van der Waals surface area contributed by atoms with Gasteiger partial charge in [0.05, 0.1) is 6.10 Å². The molecule has 0 bridgehead atoms. The lowest BCUT2D eigenvalue weighted by Crippen LogP contribution is -2.38. The molecular formula is C16H27N3OS. The fourth-order valence-corrected chi connectivity index (χ4v) is 2.33. The molecule has 0 aromatic heterocycles. The minimum atomic E-state index is -0.432. The number of aliphatic imine (C=N–C) groups is 1. The van der Waals surface area contributed by atoms with Crippen LogP contribution in [-0.4, -0.2) is 42.7 Å². The summed E-state index contributed by atoms with van der Waals surface area (Å²) in [5, 5.41) is 16.6. The molecule has 0 aliphatic rings. The number of benzene rings is 1. The van der Waals surface area contributed by atoms with E-state index in [2.05, 4.69) is 28.8 Å². The molecule has 1 atom stereocenters. The predicted octanol–water partition coefficient (Wildman–Crippen LogP) is 2.42. The van der Waals surface area contributed by atoms with Gasteiger partial charge < -0.3 is 15.7 Å². The molecule has 0 saturated heterocycles. The highest BCUT2D eigenvalue weighted by molar-refractivity contribution is 7.98. The van der Waals surface area contributed by atoms with Crippen LogP contribution in [0.5, 0.6) is 0 Å². The minimum Gasteiger partial charge on any atom is -0.388 e. The van der Waals surface area contributed by atoms with Crippen LogP contribution in [0.3, 0.4) is 0 Å². The van der Waals surface area contributed by atoms with E-state index >= 15 is 0 Å². The van der Waals surface area contributed by atoms with Gasteiger partial charge >= 0.3 is 0 Å². The molecule has 0 amide bonds. The average Bonchev–Trinajstić information content (AvgIpc) is 2.52. The zero-order valence-electron chi connectivity index (χ0n) is 13.0. The van der Waals surface area contributed by atoms with Gasteiger partial charge in [0.2, 0.25) is 0 Å². The van der Waals surface area contributed by atoms with E-state index in [1.807, 2.05) is 42.1 Å². The highest BCUT2D eigenvalue weighted by atomic mass is 32.2. The number of nitrogens with one attached hydrogen (secondary N) is 2. The molecule has 4 nitrogen and oxygen atoms in total. The Morgan fingerprint density at radius 2 is 2.05 bits per heavy atom. The van der Waals surface area contributed by atoms with E-state index in [1.165, 1.54) is 0 Å². The van der Waals surface area contributed by atoms with Crippen LogP contribution in [0.4, 0.5) is 0 Å². The van der Waals surface area contributed by atoms with Crippen molar-refractivity contribution in [1.29, 1.82) is 0 Å². The molecule has 3 N–H and O–H groups in total. The molecule has 5 heteroatoms. The van der Waals surface area contributed by atoms with Crippen LogP contribution in [0.25, 0.3) is 0 Å². The Morgan fingerprint density at radius 3 is 2.71 bits per heavy atom. The van der Waals surface area contributed by atoms with E-state index in [1.54, 1.807) is 0 Å². The van der Waals surface area contributed by atoms with Gasteiger partial charge in [0.25, 0.3) is 0 Å². The SMILES string of the molecule is CCNC(=NCCCSC)NCCC(O)c1ccccc1. The molecule has 118 valence electrons. The molecule has 0 aliphatic heterocycles. The maximum atomic E-state index is 10.1. The third-order valence-electron chi connectivity index (χ3n) is 3.02. The van der Waals surface area contributed by atoms with Gasteiger partial charge in [-0.3, -0.25) is 4.99 Å². The highest BCUT2D eigenvalue weighted by Crippen LogP contribution is 2.14. The van der Waals surface area contributed by atoms with E-state index in [-0.39, 0.29) is 0 Å². The first kappa shape index (κ1) is 17.9.